The highest BCUT2D eigenvalue weighted by atomic mass is 15.3. The number of rotatable bonds is 2. The van der Waals surface area contributed by atoms with Gasteiger partial charge >= 0.3 is 0 Å². The number of nitrogens with two attached hydrogens (primary N) is 1. The van der Waals surface area contributed by atoms with Crippen LogP contribution in [0.1, 0.15) is 44.2 Å². The Hall–Kier alpha value is -2.74. The fourth-order valence-corrected chi connectivity index (χ4v) is 6.89. The van der Waals surface area contributed by atoms with Gasteiger partial charge < -0.3 is 15.5 Å². The molecule has 32 heavy (non-hydrogen) atoms. The number of aryl methyl sites for hydroxylation is 1. The molecule has 3 fully saturated rings. The van der Waals surface area contributed by atoms with Crippen LogP contribution in [0.15, 0.2) is 24.5 Å². The van der Waals surface area contributed by atoms with Crippen LogP contribution in [0.3, 0.4) is 0 Å². The fraction of sp³-hybridized carbons (Fsp3) is 0.583. The van der Waals surface area contributed by atoms with Crippen molar-refractivity contribution < 1.29 is 0 Å². The highest BCUT2D eigenvalue weighted by Crippen LogP contribution is 2.58. The van der Waals surface area contributed by atoms with Crippen LogP contribution in [0.25, 0.3) is 11.2 Å². The second-order valence-corrected chi connectivity index (χ2v) is 10.3. The summed E-state index contributed by atoms with van der Waals surface area (Å²) >= 11 is 0. The molecule has 5 heterocycles. The van der Waals surface area contributed by atoms with Crippen LogP contribution in [0, 0.1) is 17.3 Å². The van der Waals surface area contributed by atoms with Gasteiger partial charge in [-0.2, -0.15) is 5.10 Å². The SMILES string of the molecule is N[C@@H]1C2CCC2CC12CCN(c1cnc3c(N4CCCc5ncccc54)n[nH]c3n1)CC2. The molecule has 0 amide bonds. The number of nitrogens with zero attached hydrogens (tertiary/aromatic N) is 6. The van der Waals surface area contributed by atoms with Gasteiger partial charge in [0.25, 0.3) is 0 Å². The largest absolute Gasteiger partial charge is 0.355 e. The summed E-state index contributed by atoms with van der Waals surface area (Å²) in [5, 5.41) is 7.75. The van der Waals surface area contributed by atoms with Gasteiger partial charge in [0, 0.05) is 31.9 Å². The monoisotopic (exact) mass is 430 g/mol. The molecule has 0 bridgehead atoms. The molecule has 2 saturated carbocycles. The minimum atomic E-state index is 0.358. The molecule has 3 aromatic heterocycles. The Morgan fingerprint density at radius 1 is 1.12 bits per heavy atom. The van der Waals surface area contributed by atoms with Crippen LogP contribution in [0.4, 0.5) is 17.3 Å². The van der Waals surface area contributed by atoms with Gasteiger partial charge in [-0.05, 0) is 74.3 Å². The third kappa shape index (κ3) is 2.65. The molecule has 166 valence electrons. The Kier molecular flexibility index (Phi) is 4.04. The summed E-state index contributed by atoms with van der Waals surface area (Å²) in [5.41, 5.74) is 10.9. The fourth-order valence-electron chi connectivity index (χ4n) is 6.89. The van der Waals surface area contributed by atoms with E-state index in [2.05, 4.69) is 31.0 Å². The average molecular weight is 431 g/mol. The number of piperidine rings is 1. The van der Waals surface area contributed by atoms with Crippen molar-refractivity contribution in [3.63, 3.8) is 0 Å². The van der Waals surface area contributed by atoms with E-state index in [1.165, 1.54) is 32.1 Å². The molecule has 3 atom stereocenters. The molecular weight excluding hydrogens is 400 g/mol. The zero-order chi connectivity index (χ0) is 21.3. The molecule has 3 N–H and O–H groups in total. The lowest BCUT2D eigenvalue weighted by Gasteiger charge is -2.43. The van der Waals surface area contributed by atoms with Crippen molar-refractivity contribution in [2.75, 3.05) is 29.4 Å². The van der Waals surface area contributed by atoms with Crippen LogP contribution in [-0.4, -0.2) is 50.8 Å². The Bertz CT molecular complexity index is 1160. The Balaban J connectivity index is 1.13. The first-order valence-corrected chi connectivity index (χ1v) is 12.1. The number of anilines is 3. The van der Waals surface area contributed by atoms with Crippen molar-refractivity contribution in [3.05, 3.63) is 30.2 Å². The highest BCUT2D eigenvalue weighted by molar-refractivity contribution is 5.87. The van der Waals surface area contributed by atoms with Crippen LogP contribution < -0.4 is 15.5 Å². The van der Waals surface area contributed by atoms with E-state index in [0.717, 1.165) is 78.5 Å². The molecule has 2 aliphatic heterocycles. The molecule has 7 rings (SSSR count). The minimum absolute atomic E-state index is 0.358. The van der Waals surface area contributed by atoms with Crippen LogP contribution in [0.2, 0.25) is 0 Å². The maximum atomic E-state index is 6.73. The van der Waals surface area contributed by atoms with E-state index in [-0.39, 0.29) is 0 Å². The lowest BCUT2D eigenvalue weighted by molar-refractivity contribution is 0.176. The second kappa shape index (κ2) is 6.88. The number of aromatic amines is 1. The number of nitrogens with one attached hydrogen (secondary N) is 1. The molecule has 8 heteroatoms. The van der Waals surface area contributed by atoms with E-state index in [0.29, 0.717) is 11.5 Å². The van der Waals surface area contributed by atoms with Crippen molar-refractivity contribution in [1.29, 1.82) is 0 Å². The van der Waals surface area contributed by atoms with Gasteiger partial charge in [-0.1, -0.05) is 0 Å². The molecule has 1 spiro atoms. The van der Waals surface area contributed by atoms with Gasteiger partial charge in [0.2, 0.25) is 0 Å². The van der Waals surface area contributed by atoms with Crippen LogP contribution in [-0.2, 0) is 6.42 Å². The van der Waals surface area contributed by atoms with Crippen molar-refractivity contribution in [1.82, 2.24) is 25.1 Å². The predicted molar refractivity (Wildman–Crippen MR) is 124 cm³/mol. The number of H-pyrrole nitrogens is 1. The van der Waals surface area contributed by atoms with Crippen molar-refractivity contribution >= 4 is 28.5 Å². The number of pyridine rings is 1. The Morgan fingerprint density at radius 2 is 2.03 bits per heavy atom. The molecule has 2 unspecified atom stereocenters. The first-order chi connectivity index (χ1) is 15.7. The van der Waals surface area contributed by atoms with E-state index in [1.54, 1.807) is 0 Å². The summed E-state index contributed by atoms with van der Waals surface area (Å²) in [6.07, 6.45) is 12.3. The van der Waals surface area contributed by atoms with E-state index in [9.17, 15) is 0 Å². The molecule has 0 aromatic carbocycles. The normalized spacial score (nSPS) is 28.6. The van der Waals surface area contributed by atoms with E-state index in [4.69, 9.17) is 15.7 Å². The van der Waals surface area contributed by atoms with Crippen molar-refractivity contribution in [3.8, 4) is 0 Å². The molecule has 3 aromatic rings. The van der Waals surface area contributed by atoms with E-state index < -0.39 is 0 Å². The smallest absolute Gasteiger partial charge is 0.183 e. The van der Waals surface area contributed by atoms with Gasteiger partial charge in [-0.15, -0.1) is 0 Å². The van der Waals surface area contributed by atoms with Gasteiger partial charge in [0.15, 0.2) is 17.0 Å². The number of hydrogen-bond donors (Lipinski definition) is 2. The van der Waals surface area contributed by atoms with Gasteiger partial charge in [0.1, 0.15) is 5.82 Å². The standard InChI is InChI=1S/C24H30N8/c25-21-16-6-5-15(16)13-24(21)7-11-31(12-8-24)19-14-27-20-22(28-19)29-30-23(20)32-10-2-3-17-18(32)4-1-9-26-17/h1,4,9,14-16,21H,2-3,5-8,10-13,25H2,(H,28,29,30)/t15?,16?,21-/m1/s1. The van der Waals surface area contributed by atoms with E-state index >= 15 is 0 Å². The number of hydrogen-bond acceptors (Lipinski definition) is 7. The quantitative estimate of drug-likeness (QED) is 0.644. The highest BCUT2D eigenvalue weighted by Gasteiger charge is 2.55. The Labute approximate surface area is 187 Å². The van der Waals surface area contributed by atoms with Crippen LogP contribution in [0.5, 0.6) is 0 Å². The first kappa shape index (κ1) is 18.8. The summed E-state index contributed by atoms with van der Waals surface area (Å²) in [6.45, 7) is 2.94. The molecule has 8 nitrogen and oxygen atoms in total. The molecule has 1 saturated heterocycles. The van der Waals surface area contributed by atoms with Crippen LogP contribution >= 0.6 is 0 Å². The zero-order valence-corrected chi connectivity index (χ0v) is 18.4. The average Bonchev–Trinajstić information content (AvgIpc) is 3.31. The third-order valence-corrected chi connectivity index (χ3v) is 8.84. The van der Waals surface area contributed by atoms with Gasteiger partial charge in [-0.25, -0.2) is 9.97 Å². The maximum Gasteiger partial charge on any atom is 0.183 e. The lowest BCUT2D eigenvalue weighted by atomic mass is 9.72. The molecule has 4 aliphatic rings. The zero-order valence-electron chi connectivity index (χ0n) is 18.4. The lowest BCUT2D eigenvalue weighted by Crippen LogP contribution is -2.49. The summed E-state index contributed by atoms with van der Waals surface area (Å²) in [7, 11) is 0. The Morgan fingerprint density at radius 3 is 2.81 bits per heavy atom. The minimum Gasteiger partial charge on any atom is -0.355 e. The summed E-state index contributed by atoms with van der Waals surface area (Å²) in [6, 6.07) is 4.50. The van der Waals surface area contributed by atoms with Crippen molar-refractivity contribution in [2.45, 2.75) is 51.0 Å². The molecular formula is C24H30N8. The summed E-state index contributed by atoms with van der Waals surface area (Å²) in [4.78, 5) is 18.9. The predicted octanol–water partition coefficient (Wildman–Crippen LogP) is 3.18. The maximum absolute atomic E-state index is 6.73. The topological polar surface area (TPSA) is 99.9 Å². The van der Waals surface area contributed by atoms with Gasteiger partial charge in [0.05, 0.1) is 17.6 Å². The first-order valence-electron chi connectivity index (χ1n) is 12.1. The number of fused-ring (bicyclic) bond motifs is 3. The summed E-state index contributed by atoms with van der Waals surface area (Å²) < 4.78 is 0. The molecule has 2 aliphatic carbocycles. The third-order valence-electron chi connectivity index (χ3n) is 8.84. The van der Waals surface area contributed by atoms with Crippen molar-refractivity contribution in [2.24, 2.45) is 23.0 Å². The number of aromatic nitrogens is 5. The van der Waals surface area contributed by atoms with E-state index in [1.807, 2.05) is 18.5 Å². The van der Waals surface area contributed by atoms with Gasteiger partial charge in [-0.3, -0.25) is 10.1 Å². The second-order valence-electron chi connectivity index (χ2n) is 10.3. The summed E-state index contributed by atoms with van der Waals surface area (Å²) in [5.74, 6) is 3.47. The molecule has 0 radical (unpaired) electrons.